The van der Waals surface area contributed by atoms with E-state index in [2.05, 4.69) is 10.2 Å². The molecule has 1 atom stereocenters. The number of halogens is 5. The highest BCUT2D eigenvalue weighted by atomic mass is 35.5. The van der Waals surface area contributed by atoms with Crippen molar-refractivity contribution in [2.75, 3.05) is 26.2 Å². The summed E-state index contributed by atoms with van der Waals surface area (Å²) in [5, 5.41) is 3.42. The lowest BCUT2D eigenvalue weighted by atomic mass is 9.79. The molecule has 1 fully saturated rings. The summed E-state index contributed by atoms with van der Waals surface area (Å²) in [5.41, 5.74) is -0.785. The SMILES string of the molecule is CC(C)(C)[C@@H](c1c(Cl)cccc1C(F)(F)F)N1CCNCC1.Cl. The first-order valence-corrected chi connectivity index (χ1v) is 7.80. The molecule has 1 aliphatic heterocycles. The van der Waals surface area contributed by atoms with Gasteiger partial charge in [0.1, 0.15) is 0 Å². The molecule has 7 heteroatoms. The molecule has 1 aromatic rings. The van der Waals surface area contributed by atoms with Crippen LogP contribution in [0.2, 0.25) is 5.02 Å². The third-order valence-corrected chi connectivity index (χ3v) is 4.30. The highest BCUT2D eigenvalue weighted by Crippen LogP contribution is 2.46. The van der Waals surface area contributed by atoms with Crippen molar-refractivity contribution in [1.29, 1.82) is 0 Å². The van der Waals surface area contributed by atoms with Gasteiger partial charge in [0.25, 0.3) is 0 Å². The molecule has 2 nitrogen and oxygen atoms in total. The summed E-state index contributed by atoms with van der Waals surface area (Å²) in [6, 6.07) is 3.67. The summed E-state index contributed by atoms with van der Waals surface area (Å²) < 4.78 is 40.4. The molecule has 0 bridgehead atoms. The molecule has 1 N–H and O–H groups in total. The quantitative estimate of drug-likeness (QED) is 0.806. The normalized spacial score (nSPS) is 18.4. The van der Waals surface area contributed by atoms with E-state index in [0.29, 0.717) is 13.1 Å². The molecule has 1 heterocycles. The van der Waals surface area contributed by atoms with Crippen molar-refractivity contribution in [2.45, 2.75) is 33.0 Å². The minimum atomic E-state index is -4.40. The lowest BCUT2D eigenvalue weighted by Crippen LogP contribution is -2.48. The van der Waals surface area contributed by atoms with E-state index in [1.165, 1.54) is 6.07 Å². The predicted molar refractivity (Wildman–Crippen MR) is 90.3 cm³/mol. The number of piperazine rings is 1. The summed E-state index contributed by atoms with van der Waals surface area (Å²) in [4.78, 5) is 2.10. The molecule has 1 aromatic carbocycles. The van der Waals surface area contributed by atoms with Crippen LogP contribution in [0.15, 0.2) is 18.2 Å². The molecule has 1 saturated heterocycles. The molecule has 0 saturated carbocycles. The van der Waals surface area contributed by atoms with Crippen molar-refractivity contribution in [3.63, 3.8) is 0 Å². The second kappa shape index (κ2) is 7.60. The van der Waals surface area contributed by atoms with Gasteiger partial charge < -0.3 is 5.32 Å². The molecule has 23 heavy (non-hydrogen) atoms. The van der Waals surface area contributed by atoms with Crippen LogP contribution in [0.4, 0.5) is 13.2 Å². The van der Waals surface area contributed by atoms with Crippen molar-refractivity contribution < 1.29 is 13.2 Å². The van der Waals surface area contributed by atoms with Gasteiger partial charge in [-0.05, 0) is 17.5 Å². The average Bonchev–Trinajstić information content (AvgIpc) is 2.39. The number of rotatable bonds is 2. The van der Waals surface area contributed by atoms with E-state index in [-0.39, 0.29) is 34.4 Å². The predicted octanol–water partition coefficient (Wildman–Crippen LogP) is 4.77. The number of hydrogen-bond donors (Lipinski definition) is 1. The van der Waals surface area contributed by atoms with E-state index in [9.17, 15) is 13.2 Å². The first-order valence-electron chi connectivity index (χ1n) is 7.43. The lowest BCUT2D eigenvalue weighted by molar-refractivity contribution is -0.139. The van der Waals surface area contributed by atoms with E-state index >= 15 is 0 Å². The molecule has 0 spiro atoms. The van der Waals surface area contributed by atoms with Gasteiger partial charge in [0.2, 0.25) is 0 Å². The fourth-order valence-corrected chi connectivity index (χ4v) is 3.44. The van der Waals surface area contributed by atoms with Gasteiger partial charge >= 0.3 is 6.18 Å². The van der Waals surface area contributed by atoms with Crippen LogP contribution >= 0.6 is 24.0 Å². The number of benzene rings is 1. The summed E-state index contributed by atoms with van der Waals surface area (Å²) in [5.74, 6) is 0. The van der Waals surface area contributed by atoms with E-state index in [4.69, 9.17) is 11.6 Å². The van der Waals surface area contributed by atoms with Crippen molar-refractivity contribution in [1.82, 2.24) is 10.2 Å². The highest BCUT2D eigenvalue weighted by Gasteiger charge is 2.41. The monoisotopic (exact) mass is 370 g/mol. The second-order valence-corrected chi connectivity index (χ2v) is 7.16. The number of alkyl halides is 3. The molecule has 0 amide bonds. The zero-order valence-corrected chi connectivity index (χ0v) is 15.1. The molecular weight excluding hydrogens is 348 g/mol. The average molecular weight is 371 g/mol. The smallest absolute Gasteiger partial charge is 0.314 e. The van der Waals surface area contributed by atoms with Crippen LogP contribution in [0.3, 0.4) is 0 Å². The van der Waals surface area contributed by atoms with Crippen LogP contribution in [0.1, 0.15) is 37.9 Å². The van der Waals surface area contributed by atoms with Crippen LogP contribution in [-0.4, -0.2) is 31.1 Å². The Morgan fingerprint density at radius 3 is 2.17 bits per heavy atom. The van der Waals surface area contributed by atoms with E-state index < -0.39 is 11.7 Å². The van der Waals surface area contributed by atoms with Crippen LogP contribution in [0, 0.1) is 5.41 Å². The highest BCUT2D eigenvalue weighted by molar-refractivity contribution is 6.31. The van der Waals surface area contributed by atoms with Crippen LogP contribution < -0.4 is 5.32 Å². The Morgan fingerprint density at radius 2 is 1.70 bits per heavy atom. The van der Waals surface area contributed by atoms with E-state index in [1.54, 1.807) is 6.07 Å². The van der Waals surface area contributed by atoms with Crippen molar-refractivity contribution >= 4 is 24.0 Å². The zero-order chi connectivity index (χ0) is 16.5. The van der Waals surface area contributed by atoms with Gasteiger partial charge in [0.05, 0.1) is 5.56 Å². The Balaban J connectivity index is 0.00000264. The molecule has 1 aliphatic rings. The Kier molecular flexibility index (Phi) is 6.79. The van der Waals surface area contributed by atoms with Crippen molar-refractivity contribution in [3.8, 4) is 0 Å². The maximum atomic E-state index is 13.5. The molecule has 2 rings (SSSR count). The molecule has 0 radical (unpaired) electrons. The minimum Gasteiger partial charge on any atom is -0.314 e. The topological polar surface area (TPSA) is 15.3 Å². The van der Waals surface area contributed by atoms with Crippen molar-refractivity contribution in [2.24, 2.45) is 5.41 Å². The summed E-state index contributed by atoms with van der Waals surface area (Å²) in [7, 11) is 0. The summed E-state index contributed by atoms with van der Waals surface area (Å²) in [6.45, 7) is 8.86. The Labute approximate surface area is 146 Å². The van der Waals surface area contributed by atoms with Crippen LogP contribution in [0.5, 0.6) is 0 Å². The van der Waals surface area contributed by atoms with Gasteiger partial charge in [-0.2, -0.15) is 13.2 Å². The van der Waals surface area contributed by atoms with E-state index in [1.807, 2.05) is 20.8 Å². The molecule has 0 aliphatic carbocycles. The molecule has 0 unspecified atom stereocenters. The van der Waals surface area contributed by atoms with Gasteiger partial charge in [-0.1, -0.05) is 38.4 Å². The van der Waals surface area contributed by atoms with Gasteiger partial charge in [-0.15, -0.1) is 12.4 Å². The molecule has 0 aromatic heterocycles. The number of nitrogens with one attached hydrogen (secondary N) is 1. The standard InChI is InChI=1S/C16H22ClF3N2.ClH/c1-15(2,3)14(22-9-7-21-8-10-22)13-11(16(18,19)20)5-4-6-12(13)17;/h4-6,14,21H,7-10H2,1-3H3;1H/t14-;/m1./s1. The fraction of sp³-hybridized carbons (Fsp3) is 0.625. The first-order chi connectivity index (χ1) is 10.1. The minimum absolute atomic E-state index is 0. The fourth-order valence-electron chi connectivity index (χ4n) is 3.17. The van der Waals surface area contributed by atoms with Gasteiger partial charge in [0, 0.05) is 42.8 Å². The largest absolute Gasteiger partial charge is 0.416 e. The Morgan fingerprint density at radius 1 is 1.13 bits per heavy atom. The van der Waals surface area contributed by atoms with Gasteiger partial charge in [-0.25, -0.2) is 0 Å². The third-order valence-electron chi connectivity index (χ3n) is 3.97. The Hall–Kier alpha value is -0.490. The van der Waals surface area contributed by atoms with Crippen LogP contribution in [-0.2, 0) is 6.18 Å². The zero-order valence-electron chi connectivity index (χ0n) is 13.5. The summed E-state index contributed by atoms with van der Waals surface area (Å²) >= 11 is 6.21. The van der Waals surface area contributed by atoms with Gasteiger partial charge in [0.15, 0.2) is 0 Å². The summed E-state index contributed by atoms with van der Waals surface area (Å²) in [6.07, 6.45) is -4.40. The lowest BCUT2D eigenvalue weighted by Gasteiger charge is -2.43. The maximum Gasteiger partial charge on any atom is 0.416 e. The number of hydrogen-bond acceptors (Lipinski definition) is 2. The number of nitrogens with zero attached hydrogens (tertiary/aromatic N) is 1. The van der Waals surface area contributed by atoms with E-state index in [0.717, 1.165) is 19.2 Å². The third kappa shape index (κ3) is 4.75. The van der Waals surface area contributed by atoms with Gasteiger partial charge in [-0.3, -0.25) is 4.90 Å². The van der Waals surface area contributed by atoms with Crippen molar-refractivity contribution in [3.05, 3.63) is 34.3 Å². The first kappa shape index (κ1) is 20.6. The molecule has 132 valence electrons. The molecular formula is C16H23Cl2F3N2. The maximum absolute atomic E-state index is 13.5. The van der Waals surface area contributed by atoms with Crippen LogP contribution in [0.25, 0.3) is 0 Å². The second-order valence-electron chi connectivity index (χ2n) is 6.75. The Bertz CT molecular complexity index is 521.